The summed E-state index contributed by atoms with van der Waals surface area (Å²) in [7, 11) is 1.25. The zero-order valence-electron chi connectivity index (χ0n) is 13.3. The predicted molar refractivity (Wildman–Crippen MR) is 83.0 cm³/mol. The molecule has 23 heavy (non-hydrogen) atoms. The van der Waals surface area contributed by atoms with Gasteiger partial charge in [-0.2, -0.15) is 0 Å². The van der Waals surface area contributed by atoms with Crippen molar-refractivity contribution < 1.29 is 23.4 Å². The Hall–Kier alpha value is -1.66. The largest absolute Gasteiger partial charge is 0.465 e. The number of benzene rings is 1. The Bertz CT molecular complexity index is 552. The number of carbonyl (C=O) groups is 1. The highest BCUT2D eigenvalue weighted by molar-refractivity contribution is 5.90. The van der Waals surface area contributed by atoms with Crippen LogP contribution in [0, 0.1) is 11.7 Å². The molecule has 126 valence electrons. The average molecular weight is 323 g/mol. The molecular weight excluding hydrogens is 301 g/mol. The van der Waals surface area contributed by atoms with Crippen molar-refractivity contribution in [2.45, 2.75) is 25.6 Å². The number of anilines is 1. The van der Waals surface area contributed by atoms with Crippen LogP contribution in [0.2, 0.25) is 0 Å². The molecule has 6 heteroatoms. The van der Waals surface area contributed by atoms with Crippen molar-refractivity contribution in [2.24, 2.45) is 5.92 Å². The fourth-order valence-electron chi connectivity index (χ4n) is 3.18. The SMILES string of the molecule is COC(=O)c1ccc(N2CCC(C3OCCCO3)CC2)cc1F. The van der Waals surface area contributed by atoms with Gasteiger partial charge in [-0.25, -0.2) is 9.18 Å². The highest BCUT2D eigenvalue weighted by atomic mass is 19.1. The minimum Gasteiger partial charge on any atom is -0.465 e. The molecule has 0 atom stereocenters. The first kappa shape index (κ1) is 16.2. The summed E-state index contributed by atoms with van der Waals surface area (Å²) >= 11 is 0. The van der Waals surface area contributed by atoms with E-state index in [1.807, 2.05) is 0 Å². The molecule has 1 aromatic rings. The Morgan fingerprint density at radius 3 is 2.57 bits per heavy atom. The number of hydrogen-bond donors (Lipinski definition) is 0. The molecule has 2 saturated heterocycles. The Labute approximate surface area is 135 Å². The number of piperidine rings is 1. The second-order valence-corrected chi connectivity index (χ2v) is 5.94. The van der Waals surface area contributed by atoms with Crippen LogP contribution in [0.5, 0.6) is 0 Å². The molecule has 0 unspecified atom stereocenters. The van der Waals surface area contributed by atoms with Gasteiger partial charge < -0.3 is 19.1 Å². The summed E-state index contributed by atoms with van der Waals surface area (Å²) in [5, 5.41) is 0. The highest BCUT2D eigenvalue weighted by Crippen LogP contribution is 2.29. The summed E-state index contributed by atoms with van der Waals surface area (Å²) in [4.78, 5) is 13.6. The minimum atomic E-state index is -0.653. The molecule has 0 radical (unpaired) electrons. The molecule has 0 spiro atoms. The lowest BCUT2D eigenvalue weighted by molar-refractivity contribution is -0.207. The van der Waals surface area contributed by atoms with Crippen LogP contribution < -0.4 is 4.90 Å². The third kappa shape index (κ3) is 3.64. The predicted octanol–water partition coefficient (Wildman–Crippen LogP) is 2.59. The van der Waals surface area contributed by atoms with Gasteiger partial charge in [-0.05, 0) is 37.5 Å². The first-order chi connectivity index (χ1) is 11.2. The molecule has 0 amide bonds. The van der Waals surface area contributed by atoms with Gasteiger partial charge in [0.1, 0.15) is 5.82 Å². The maximum absolute atomic E-state index is 14.0. The number of esters is 1. The minimum absolute atomic E-state index is 0.0323. The average Bonchev–Trinajstić information content (AvgIpc) is 2.62. The van der Waals surface area contributed by atoms with Crippen LogP contribution in [0.25, 0.3) is 0 Å². The van der Waals surface area contributed by atoms with Gasteiger partial charge in [0.05, 0.1) is 25.9 Å². The number of hydrogen-bond acceptors (Lipinski definition) is 5. The molecule has 0 aromatic heterocycles. The number of rotatable bonds is 3. The van der Waals surface area contributed by atoms with E-state index in [1.54, 1.807) is 6.07 Å². The molecule has 2 aliphatic rings. The normalized spacial score (nSPS) is 20.5. The van der Waals surface area contributed by atoms with Gasteiger partial charge in [-0.1, -0.05) is 0 Å². The standard InChI is InChI=1S/C17H22FNO4/c1-21-16(20)14-4-3-13(11-15(14)18)19-7-5-12(6-8-19)17-22-9-2-10-23-17/h3-4,11-12,17H,2,5-10H2,1H3. The number of halogens is 1. The van der Waals surface area contributed by atoms with E-state index in [0.717, 1.165) is 51.3 Å². The highest BCUT2D eigenvalue weighted by Gasteiger charge is 2.29. The van der Waals surface area contributed by atoms with E-state index >= 15 is 0 Å². The van der Waals surface area contributed by atoms with Crippen LogP contribution in [0.3, 0.4) is 0 Å². The summed E-state index contributed by atoms with van der Waals surface area (Å²) in [6.45, 7) is 3.19. The van der Waals surface area contributed by atoms with Gasteiger partial charge in [-0.3, -0.25) is 0 Å². The van der Waals surface area contributed by atoms with Crippen molar-refractivity contribution in [2.75, 3.05) is 38.3 Å². The number of carbonyl (C=O) groups excluding carboxylic acids is 1. The second-order valence-electron chi connectivity index (χ2n) is 5.94. The van der Waals surface area contributed by atoms with Crippen LogP contribution in [-0.4, -0.2) is 45.7 Å². The molecule has 0 aliphatic carbocycles. The quantitative estimate of drug-likeness (QED) is 0.800. The van der Waals surface area contributed by atoms with Gasteiger partial charge in [0, 0.05) is 24.7 Å². The van der Waals surface area contributed by atoms with E-state index in [0.29, 0.717) is 5.92 Å². The maximum atomic E-state index is 14.0. The van der Waals surface area contributed by atoms with E-state index in [4.69, 9.17) is 9.47 Å². The van der Waals surface area contributed by atoms with E-state index < -0.39 is 11.8 Å². The third-order valence-electron chi connectivity index (χ3n) is 4.50. The van der Waals surface area contributed by atoms with Crippen molar-refractivity contribution in [1.82, 2.24) is 0 Å². The molecule has 1 aromatic carbocycles. The molecule has 3 rings (SSSR count). The third-order valence-corrected chi connectivity index (χ3v) is 4.50. The molecule has 0 saturated carbocycles. The molecular formula is C17H22FNO4. The number of ether oxygens (including phenoxy) is 3. The topological polar surface area (TPSA) is 48.0 Å². The van der Waals surface area contributed by atoms with Crippen LogP contribution in [-0.2, 0) is 14.2 Å². The Morgan fingerprint density at radius 1 is 1.26 bits per heavy atom. The molecule has 0 bridgehead atoms. The van der Waals surface area contributed by atoms with E-state index in [1.165, 1.54) is 19.2 Å². The molecule has 2 fully saturated rings. The van der Waals surface area contributed by atoms with Crippen molar-refractivity contribution in [1.29, 1.82) is 0 Å². The number of nitrogens with zero attached hydrogens (tertiary/aromatic N) is 1. The van der Waals surface area contributed by atoms with Gasteiger partial charge in [0.25, 0.3) is 0 Å². The second kappa shape index (κ2) is 7.27. The lowest BCUT2D eigenvalue weighted by Gasteiger charge is -2.38. The first-order valence-corrected chi connectivity index (χ1v) is 8.05. The van der Waals surface area contributed by atoms with Gasteiger partial charge in [0.15, 0.2) is 6.29 Å². The zero-order valence-corrected chi connectivity index (χ0v) is 13.3. The summed E-state index contributed by atoms with van der Waals surface area (Å²) in [5.74, 6) is -0.805. The Kier molecular flexibility index (Phi) is 5.13. The summed E-state index contributed by atoms with van der Waals surface area (Å²) in [6.07, 6.45) is 2.77. The molecule has 5 nitrogen and oxygen atoms in total. The van der Waals surface area contributed by atoms with Crippen LogP contribution in [0.1, 0.15) is 29.6 Å². The fraction of sp³-hybridized carbons (Fsp3) is 0.588. The molecule has 2 heterocycles. The maximum Gasteiger partial charge on any atom is 0.340 e. The number of methoxy groups -OCH3 is 1. The van der Waals surface area contributed by atoms with Crippen LogP contribution in [0.15, 0.2) is 18.2 Å². The van der Waals surface area contributed by atoms with E-state index in [2.05, 4.69) is 9.64 Å². The van der Waals surface area contributed by atoms with Crippen molar-refractivity contribution in [3.8, 4) is 0 Å². The van der Waals surface area contributed by atoms with Gasteiger partial charge in [0.2, 0.25) is 0 Å². The van der Waals surface area contributed by atoms with Gasteiger partial charge in [-0.15, -0.1) is 0 Å². The van der Waals surface area contributed by atoms with Crippen molar-refractivity contribution in [3.63, 3.8) is 0 Å². The monoisotopic (exact) mass is 323 g/mol. The first-order valence-electron chi connectivity index (χ1n) is 8.05. The zero-order chi connectivity index (χ0) is 16.2. The lowest BCUT2D eigenvalue weighted by Crippen LogP contribution is -2.41. The Balaban J connectivity index is 1.61. The van der Waals surface area contributed by atoms with E-state index in [-0.39, 0.29) is 11.9 Å². The molecule has 0 N–H and O–H groups in total. The Morgan fingerprint density at radius 2 is 1.96 bits per heavy atom. The summed E-state index contributed by atoms with van der Waals surface area (Å²) in [5.41, 5.74) is 0.759. The van der Waals surface area contributed by atoms with Crippen LogP contribution >= 0.6 is 0 Å². The smallest absolute Gasteiger partial charge is 0.340 e. The van der Waals surface area contributed by atoms with Crippen molar-refractivity contribution in [3.05, 3.63) is 29.6 Å². The molecule has 2 aliphatic heterocycles. The fourth-order valence-corrected chi connectivity index (χ4v) is 3.18. The van der Waals surface area contributed by atoms with Crippen LogP contribution in [0.4, 0.5) is 10.1 Å². The lowest BCUT2D eigenvalue weighted by atomic mass is 9.95. The summed E-state index contributed by atoms with van der Waals surface area (Å²) in [6, 6.07) is 4.65. The van der Waals surface area contributed by atoms with Gasteiger partial charge >= 0.3 is 5.97 Å². The van der Waals surface area contributed by atoms with Crippen molar-refractivity contribution >= 4 is 11.7 Å². The van der Waals surface area contributed by atoms with E-state index in [9.17, 15) is 9.18 Å². The summed E-state index contributed by atoms with van der Waals surface area (Å²) < 4.78 is 30.0.